The molecule has 2 aromatic carbocycles. The molecule has 6 nitrogen and oxygen atoms in total. The highest BCUT2D eigenvalue weighted by Gasteiger charge is 2.15. The molecule has 0 radical (unpaired) electrons. The van der Waals surface area contributed by atoms with Gasteiger partial charge in [0.05, 0.1) is 31.0 Å². The Morgan fingerprint density at radius 3 is 2.57 bits per heavy atom. The van der Waals surface area contributed by atoms with Crippen molar-refractivity contribution in [2.45, 2.75) is 19.4 Å². The molecule has 1 amide bonds. The van der Waals surface area contributed by atoms with Gasteiger partial charge in [0.15, 0.2) is 11.5 Å². The van der Waals surface area contributed by atoms with Gasteiger partial charge in [-0.3, -0.25) is 4.79 Å². The minimum atomic E-state index is -0.138. The second kappa shape index (κ2) is 8.71. The van der Waals surface area contributed by atoms with Crippen molar-refractivity contribution in [1.29, 1.82) is 0 Å². The molecule has 0 spiro atoms. The van der Waals surface area contributed by atoms with Crippen molar-refractivity contribution in [3.8, 4) is 22.8 Å². The molecule has 0 saturated carbocycles. The SMILES string of the molecule is COc1ccc(-c2cc(C(=O)NCCC(C)N)c3ccccc3n2)cc1OC. The van der Waals surface area contributed by atoms with Crippen LogP contribution in [-0.2, 0) is 0 Å². The van der Waals surface area contributed by atoms with Gasteiger partial charge in [0.1, 0.15) is 0 Å². The molecule has 1 heterocycles. The summed E-state index contributed by atoms with van der Waals surface area (Å²) in [7, 11) is 3.18. The molecule has 3 rings (SSSR count). The Morgan fingerprint density at radius 1 is 1.11 bits per heavy atom. The molecule has 0 fully saturated rings. The third-order valence-corrected chi connectivity index (χ3v) is 4.53. The van der Waals surface area contributed by atoms with Crippen molar-refractivity contribution < 1.29 is 14.3 Å². The van der Waals surface area contributed by atoms with E-state index in [0.29, 0.717) is 29.3 Å². The van der Waals surface area contributed by atoms with Crippen LogP contribution in [0.2, 0.25) is 0 Å². The number of methoxy groups -OCH3 is 2. The number of fused-ring (bicyclic) bond motifs is 1. The maximum Gasteiger partial charge on any atom is 0.252 e. The number of para-hydroxylation sites is 1. The number of carbonyl (C=O) groups excluding carboxylic acids is 1. The summed E-state index contributed by atoms with van der Waals surface area (Å²) < 4.78 is 10.7. The molecule has 1 atom stereocenters. The highest BCUT2D eigenvalue weighted by Crippen LogP contribution is 2.33. The summed E-state index contributed by atoms with van der Waals surface area (Å²) in [5.74, 6) is 1.11. The summed E-state index contributed by atoms with van der Waals surface area (Å²) in [6, 6.07) is 15.0. The van der Waals surface area contributed by atoms with E-state index >= 15 is 0 Å². The summed E-state index contributed by atoms with van der Waals surface area (Å²) in [6.45, 7) is 2.45. The molecule has 0 saturated heterocycles. The number of amides is 1. The minimum absolute atomic E-state index is 0.0387. The largest absolute Gasteiger partial charge is 0.493 e. The van der Waals surface area contributed by atoms with Crippen molar-refractivity contribution in [1.82, 2.24) is 10.3 Å². The van der Waals surface area contributed by atoms with E-state index < -0.39 is 0 Å². The Morgan fingerprint density at radius 2 is 1.86 bits per heavy atom. The third-order valence-electron chi connectivity index (χ3n) is 4.53. The van der Waals surface area contributed by atoms with Crippen LogP contribution < -0.4 is 20.5 Å². The average molecular weight is 379 g/mol. The molecule has 28 heavy (non-hydrogen) atoms. The Kier molecular flexibility index (Phi) is 6.11. The summed E-state index contributed by atoms with van der Waals surface area (Å²) in [5, 5.41) is 3.76. The molecule has 1 unspecified atom stereocenters. The van der Waals surface area contributed by atoms with E-state index in [1.807, 2.05) is 55.5 Å². The van der Waals surface area contributed by atoms with Crippen molar-refractivity contribution in [2.75, 3.05) is 20.8 Å². The van der Waals surface area contributed by atoms with E-state index in [2.05, 4.69) is 5.32 Å². The van der Waals surface area contributed by atoms with Crippen molar-refractivity contribution in [2.24, 2.45) is 5.73 Å². The van der Waals surface area contributed by atoms with Crippen LogP contribution in [0.5, 0.6) is 11.5 Å². The number of ether oxygens (including phenoxy) is 2. The molecule has 0 aliphatic carbocycles. The van der Waals surface area contributed by atoms with E-state index in [-0.39, 0.29) is 11.9 Å². The van der Waals surface area contributed by atoms with E-state index in [0.717, 1.165) is 22.9 Å². The van der Waals surface area contributed by atoms with Gasteiger partial charge in [-0.25, -0.2) is 4.98 Å². The highest BCUT2D eigenvalue weighted by atomic mass is 16.5. The summed E-state index contributed by atoms with van der Waals surface area (Å²) in [5.41, 5.74) is 8.65. The van der Waals surface area contributed by atoms with Crippen LogP contribution in [0.15, 0.2) is 48.5 Å². The quantitative estimate of drug-likeness (QED) is 0.657. The lowest BCUT2D eigenvalue weighted by Gasteiger charge is -2.13. The number of hydrogen-bond donors (Lipinski definition) is 2. The lowest BCUT2D eigenvalue weighted by molar-refractivity contribution is 0.0954. The van der Waals surface area contributed by atoms with Crippen molar-refractivity contribution in [3.05, 3.63) is 54.1 Å². The van der Waals surface area contributed by atoms with E-state index in [9.17, 15) is 4.79 Å². The van der Waals surface area contributed by atoms with Crippen LogP contribution in [0, 0.1) is 0 Å². The van der Waals surface area contributed by atoms with Gasteiger partial charge in [-0.05, 0) is 43.7 Å². The zero-order valence-electron chi connectivity index (χ0n) is 16.4. The fourth-order valence-corrected chi connectivity index (χ4v) is 3.02. The predicted octanol–water partition coefficient (Wildman–Crippen LogP) is 3.39. The van der Waals surface area contributed by atoms with Gasteiger partial charge in [0, 0.05) is 23.5 Å². The van der Waals surface area contributed by atoms with Crippen LogP contribution in [0.3, 0.4) is 0 Å². The summed E-state index contributed by atoms with van der Waals surface area (Å²) in [4.78, 5) is 17.6. The summed E-state index contributed by atoms with van der Waals surface area (Å²) >= 11 is 0. The first-order chi connectivity index (χ1) is 13.5. The molecule has 6 heteroatoms. The normalized spacial score (nSPS) is 11.9. The fraction of sp³-hybridized carbons (Fsp3) is 0.273. The standard InChI is InChI=1S/C22H25N3O3/c1-14(23)10-11-24-22(26)17-13-19(25-18-7-5-4-6-16(17)18)15-8-9-20(27-2)21(12-15)28-3/h4-9,12-14H,10-11,23H2,1-3H3,(H,24,26). The third kappa shape index (κ3) is 4.23. The number of hydrogen-bond acceptors (Lipinski definition) is 5. The first-order valence-electron chi connectivity index (χ1n) is 9.19. The van der Waals surface area contributed by atoms with E-state index in [1.165, 1.54) is 0 Å². The smallest absolute Gasteiger partial charge is 0.252 e. The minimum Gasteiger partial charge on any atom is -0.493 e. The number of carbonyl (C=O) groups is 1. The van der Waals surface area contributed by atoms with E-state index in [4.69, 9.17) is 20.2 Å². The first-order valence-corrected chi connectivity index (χ1v) is 9.19. The van der Waals surface area contributed by atoms with Crippen molar-refractivity contribution >= 4 is 16.8 Å². The van der Waals surface area contributed by atoms with Gasteiger partial charge in [-0.2, -0.15) is 0 Å². The molecule has 0 bridgehead atoms. The number of benzene rings is 2. The maximum atomic E-state index is 12.8. The van der Waals surface area contributed by atoms with Crippen LogP contribution >= 0.6 is 0 Å². The van der Waals surface area contributed by atoms with E-state index in [1.54, 1.807) is 14.2 Å². The summed E-state index contributed by atoms with van der Waals surface area (Å²) in [6.07, 6.45) is 0.720. The molecule has 3 N–H and O–H groups in total. The van der Waals surface area contributed by atoms with Crippen LogP contribution in [0.25, 0.3) is 22.2 Å². The molecule has 0 aliphatic rings. The second-order valence-electron chi connectivity index (χ2n) is 6.66. The number of pyridine rings is 1. The number of aromatic nitrogens is 1. The predicted molar refractivity (Wildman–Crippen MR) is 111 cm³/mol. The van der Waals surface area contributed by atoms with Gasteiger partial charge < -0.3 is 20.5 Å². The Hall–Kier alpha value is -3.12. The first kappa shape index (κ1) is 19.6. The lowest BCUT2D eigenvalue weighted by atomic mass is 10.0. The zero-order chi connectivity index (χ0) is 20.1. The van der Waals surface area contributed by atoms with Gasteiger partial charge in [0.25, 0.3) is 5.91 Å². The molecular formula is C22H25N3O3. The number of nitrogens with two attached hydrogens (primary N) is 1. The molecular weight excluding hydrogens is 354 g/mol. The average Bonchev–Trinajstić information content (AvgIpc) is 2.72. The van der Waals surface area contributed by atoms with Gasteiger partial charge >= 0.3 is 0 Å². The highest BCUT2D eigenvalue weighted by molar-refractivity contribution is 6.07. The number of nitrogens with one attached hydrogen (secondary N) is 1. The Bertz CT molecular complexity index is 986. The van der Waals surface area contributed by atoms with Gasteiger partial charge in [-0.15, -0.1) is 0 Å². The Balaban J connectivity index is 2.04. The van der Waals surface area contributed by atoms with Gasteiger partial charge in [0.2, 0.25) is 0 Å². The number of nitrogens with zero attached hydrogens (tertiary/aromatic N) is 1. The monoisotopic (exact) mass is 379 g/mol. The maximum absolute atomic E-state index is 12.8. The van der Waals surface area contributed by atoms with Crippen LogP contribution in [-0.4, -0.2) is 37.7 Å². The van der Waals surface area contributed by atoms with Crippen LogP contribution in [0.4, 0.5) is 0 Å². The van der Waals surface area contributed by atoms with Crippen molar-refractivity contribution in [3.63, 3.8) is 0 Å². The van der Waals surface area contributed by atoms with Crippen LogP contribution in [0.1, 0.15) is 23.7 Å². The molecule has 0 aliphatic heterocycles. The van der Waals surface area contributed by atoms with Gasteiger partial charge in [-0.1, -0.05) is 18.2 Å². The molecule has 1 aromatic heterocycles. The fourth-order valence-electron chi connectivity index (χ4n) is 3.02. The zero-order valence-corrected chi connectivity index (χ0v) is 16.4. The topological polar surface area (TPSA) is 86.5 Å². The molecule has 3 aromatic rings. The Labute approximate surface area is 164 Å². The second-order valence-corrected chi connectivity index (χ2v) is 6.66. The lowest BCUT2D eigenvalue weighted by Crippen LogP contribution is -2.29. The molecule has 146 valence electrons. The number of rotatable bonds is 7.